The van der Waals surface area contributed by atoms with Gasteiger partial charge in [-0.3, -0.25) is 0 Å². The molecule has 1 aliphatic carbocycles. The fraction of sp³-hybridized carbons (Fsp3) is 0.294. The van der Waals surface area contributed by atoms with Gasteiger partial charge >= 0.3 is 0 Å². The van der Waals surface area contributed by atoms with Crippen LogP contribution < -0.4 is 4.74 Å². The maximum atomic E-state index is 6.21. The minimum Gasteiger partial charge on any atom is -0.472 e. The average Bonchev–Trinajstić information content (AvgIpc) is 2.93. The van der Waals surface area contributed by atoms with Crippen molar-refractivity contribution in [3.8, 4) is 5.88 Å². The van der Waals surface area contributed by atoms with E-state index in [4.69, 9.17) is 27.9 Å². The lowest BCUT2D eigenvalue weighted by atomic mass is 9.97. The molecule has 2 heterocycles. The first-order valence-electron chi connectivity index (χ1n) is 7.54. The van der Waals surface area contributed by atoms with Crippen LogP contribution >= 0.6 is 34.5 Å². The Morgan fingerprint density at radius 2 is 2.00 bits per heavy atom. The molecule has 0 N–H and O–H groups in total. The predicted octanol–water partition coefficient (Wildman–Crippen LogP) is 5.46. The maximum absolute atomic E-state index is 6.21. The van der Waals surface area contributed by atoms with E-state index in [0.29, 0.717) is 22.5 Å². The number of aryl methyl sites for hydroxylation is 2. The Hall–Kier alpha value is -1.36. The van der Waals surface area contributed by atoms with Crippen LogP contribution in [0.3, 0.4) is 0 Å². The summed E-state index contributed by atoms with van der Waals surface area (Å²) in [6.07, 6.45) is 6.27. The van der Waals surface area contributed by atoms with E-state index >= 15 is 0 Å². The molecule has 0 saturated heterocycles. The first-order chi connectivity index (χ1) is 11.2. The van der Waals surface area contributed by atoms with Gasteiger partial charge in [-0.15, -0.1) is 11.3 Å². The molecule has 23 heavy (non-hydrogen) atoms. The number of nitrogens with zero attached hydrogens (tertiary/aromatic N) is 2. The van der Waals surface area contributed by atoms with E-state index in [1.54, 1.807) is 23.7 Å². The number of fused-ring (bicyclic) bond motifs is 3. The van der Waals surface area contributed by atoms with Gasteiger partial charge in [0.25, 0.3) is 0 Å². The molecule has 0 unspecified atom stereocenters. The monoisotopic (exact) mass is 364 g/mol. The van der Waals surface area contributed by atoms with Crippen molar-refractivity contribution in [3.05, 3.63) is 50.6 Å². The number of benzene rings is 1. The molecule has 6 heteroatoms. The molecule has 2 aromatic heterocycles. The van der Waals surface area contributed by atoms with E-state index in [1.807, 2.05) is 12.1 Å². The topological polar surface area (TPSA) is 35.0 Å². The van der Waals surface area contributed by atoms with Gasteiger partial charge in [0.15, 0.2) is 0 Å². The lowest BCUT2D eigenvalue weighted by Gasteiger charge is -2.12. The molecule has 4 rings (SSSR count). The van der Waals surface area contributed by atoms with E-state index in [-0.39, 0.29) is 0 Å². The molecule has 0 aliphatic heterocycles. The maximum Gasteiger partial charge on any atom is 0.225 e. The van der Waals surface area contributed by atoms with Gasteiger partial charge < -0.3 is 4.74 Å². The summed E-state index contributed by atoms with van der Waals surface area (Å²) < 4.78 is 5.98. The second-order valence-corrected chi connectivity index (χ2v) is 7.52. The first-order valence-corrected chi connectivity index (χ1v) is 9.11. The van der Waals surface area contributed by atoms with Crippen molar-refractivity contribution in [3.63, 3.8) is 0 Å². The van der Waals surface area contributed by atoms with Gasteiger partial charge in [-0.25, -0.2) is 9.97 Å². The van der Waals surface area contributed by atoms with E-state index in [1.165, 1.54) is 23.3 Å². The van der Waals surface area contributed by atoms with Crippen LogP contribution in [0.2, 0.25) is 10.0 Å². The highest BCUT2D eigenvalue weighted by molar-refractivity contribution is 7.18. The molecule has 118 valence electrons. The third-order valence-electron chi connectivity index (χ3n) is 4.10. The van der Waals surface area contributed by atoms with E-state index in [0.717, 1.165) is 28.6 Å². The minimum absolute atomic E-state index is 0.368. The van der Waals surface area contributed by atoms with Gasteiger partial charge in [0.05, 0.1) is 5.39 Å². The summed E-state index contributed by atoms with van der Waals surface area (Å²) >= 11 is 13.9. The second-order valence-electron chi connectivity index (χ2n) is 5.59. The van der Waals surface area contributed by atoms with Gasteiger partial charge in [0, 0.05) is 20.5 Å². The molecule has 0 fully saturated rings. The van der Waals surface area contributed by atoms with E-state index in [2.05, 4.69) is 9.97 Å². The number of aromatic nitrogens is 2. The van der Waals surface area contributed by atoms with Crippen LogP contribution in [0.15, 0.2) is 24.5 Å². The Labute approximate surface area is 148 Å². The van der Waals surface area contributed by atoms with E-state index < -0.39 is 0 Å². The quantitative estimate of drug-likeness (QED) is 0.619. The summed E-state index contributed by atoms with van der Waals surface area (Å²) in [6.45, 7) is 0.368. The Bertz CT molecular complexity index is 878. The Morgan fingerprint density at radius 3 is 2.87 bits per heavy atom. The second kappa shape index (κ2) is 6.27. The van der Waals surface area contributed by atoms with Gasteiger partial charge in [0.1, 0.15) is 17.8 Å². The van der Waals surface area contributed by atoms with Crippen LogP contribution in [0.4, 0.5) is 0 Å². The molecule has 1 aliphatic rings. The summed E-state index contributed by atoms with van der Waals surface area (Å²) in [5.41, 5.74) is 2.26. The fourth-order valence-corrected chi connectivity index (χ4v) is 4.64. The number of hydrogen-bond acceptors (Lipinski definition) is 4. The van der Waals surface area contributed by atoms with E-state index in [9.17, 15) is 0 Å². The number of rotatable bonds is 3. The zero-order valence-corrected chi connectivity index (χ0v) is 14.6. The molecule has 0 radical (unpaired) electrons. The zero-order chi connectivity index (χ0) is 15.8. The summed E-state index contributed by atoms with van der Waals surface area (Å²) in [6, 6.07) is 5.42. The average molecular weight is 365 g/mol. The summed E-state index contributed by atoms with van der Waals surface area (Å²) in [5, 5.41) is 2.31. The molecule has 0 bridgehead atoms. The van der Waals surface area contributed by atoms with Gasteiger partial charge in [0.2, 0.25) is 5.88 Å². The highest BCUT2D eigenvalue weighted by Gasteiger charge is 2.20. The van der Waals surface area contributed by atoms with Crippen molar-refractivity contribution >= 4 is 44.8 Å². The van der Waals surface area contributed by atoms with Gasteiger partial charge in [-0.05, 0) is 43.4 Å². The molecule has 3 aromatic rings. The van der Waals surface area contributed by atoms with Crippen LogP contribution in [0.25, 0.3) is 10.2 Å². The lowest BCUT2D eigenvalue weighted by molar-refractivity contribution is 0.297. The molecule has 1 aromatic carbocycles. The standard InChI is InChI=1S/C17H14Cl2N2OS/c18-11-6-5-10(13(19)7-11)8-22-16-15-12-3-1-2-4-14(12)23-17(15)21-9-20-16/h5-7,9H,1-4,8H2. The van der Waals surface area contributed by atoms with Crippen LogP contribution in [0.1, 0.15) is 28.8 Å². The highest BCUT2D eigenvalue weighted by atomic mass is 35.5. The largest absolute Gasteiger partial charge is 0.472 e. The summed E-state index contributed by atoms with van der Waals surface area (Å²) in [4.78, 5) is 11.2. The van der Waals surface area contributed by atoms with Crippen molar-refractivity contribution in [1.29, 1.82) is 0 Å². The molecular weight excluding hydrogens is 351 g/mol. The molecular formula is C17H14Cl2N2OS. The molecule has 0 atom stereocenters. The fourth-order valence-electron chi connectivity index (χ4n) is 2.96. The normalized spacial score (nSPS) is 14.0. The highest BCUT2D eigenvalue weighted by Crippen LogP contribution is 2.39. The van der Waals surface area contributed by atoms with Gasteiger partial charge in [-0.2, -0.15) is 0 Å². The molecule has 0 amide bonds. The van der Waals surface area contributed by atoms with Crippen molar-refractivity contribution in [1.82, 2.24) is 9.97 Å². The Morgan fingerprint density at radius 1 is 1.13 bits per heavy atom. The SMILES string of the molecule is Clc1ccc(COc2ncnc3sc4c(c23)CCCC4)c(Cl)c1. The van der Waals surface area contributed by atoms with Crippen LogP contribution in [-0.2, 0) is 19.4 Å². The Kier molecular flexibility index (Phi) is 4.14. The number of thiophene rings is 1. The minimum atomic E-state index is 0.368. The van der Waals surface area contributed by atoms with Crippen LogP contribution in [0, 0.1) is 0 Å². The lowest BCUT2D eigenvalue weighted by Crippen LogP contribution is -2.02. The summed E-state index contributed by atoms with van der Waals surface area (Å²) in [7, 11) is 0. The zero-order valence-electron chi connectivity index (χ0n) is 12.3. The third-order valence-corrected chi connectivity index (χ3v) is 5.88. The van der Waals surface area contributed by atoms with Crippen molar-refractivity contribution in [2.75, 3.05) is 0 Å². The van der Waals surface area contributed by atoms with Gasteiger partial charge in [-0.1, -0.05) is 29.3 Å². The predicted molar refractivity (Wildman–Crippen MR) is 94.9 cm³/mol. The number of ether oxygens (including phenoxy) is 1. The Balaban J connectivity index is 1.67. The van der Waals surface area contributed by atoms with Crippen molar-refractivity contribution < 1.29 is 4.74 Å². The molecule has 0 saturated carbocycles. The third kappa shape index (κ3) is 2.91. The summed E-state index contributed by atoms with van der Waals surface area (Å²) in [5.74, 6) is 0.653. The first kappa shape index (κ1) is 15.2. The number of hydrogen-bond donors (Lipinski definition) is 0. The smallest absolute Gasteiger partial charge is 0.225 e. The van der Waals surface area contributed by atoms with Crippen molar-refractivity contribution in [2.24, 2.45) is 0 Å². The van der Waals surface area contributed by atoms with Crippen LogP contribution in [-0.4, -0.2) is 9.97 Å². The molecule has 3 nitrogen and oxygen atoms in total. The molecule has 0 spiro atoms. The number of halogens is 2. The van der Waals surface area contributed by atoms with Crippen molar-refractivity contribution in [2.45, 2.75) is 32.3 Å². The van der Waals surface area contributed by atoms with Crippen LogP contribution in [0.5, 0.6) is 5.88 Å².